The molecular weight excluding hydrogens is 234 g/mol. The van der Waals surface area contributed by atoms with Crippen molar-refractivity contribution in [2.75, 3.05) is 5.32 Å². The Bertz CT molecular complexity index is 575. The smallest absolute Gasteiger partial charge is 0.127 e. The summed E-state index contributed by atoms with van der Waals surface area (Å²) in [5, 5.41) is 17.3. The van der Waals surface area contributed by atoms with Crippen LogP contribution in [0, 0.1) is 25.2 Å². The Hall–Kier alpha value is -1.87. The van der Waals surface area contributed by atoms with Crippen LogP contribution in [0.15, 0.2) is 6.20 Å². The van der Waals surface area contributed by atoms with E-state index in [1.807, 2.05) is 27.1 Å². The van der Waals surface area contributed by atoms with Gasteiger partial charge in [-0.05, 0) is 25.4 Å². The molecule has 2 aromatic rings. The predicted molar refractivity (Wildman–Crippen MR) is 66.8 cm³/mol. The van der Waals surface area contributed by atoms with Gasteiger partial charge in [0.1, 0.15) is 16.6 Å². The molecule has 5 nitrogen and oxygen atoms in total. The van der Waals surface area contributed by atoms with E-state index in [1.54, 1.807) is 4.68 Å². The lowest BCUT2D eigenvalue weighted by molar-refractivity contribution is 0.756. The van der Waals surface area contributed by atoms with Crippen molar-refractivity contribution in [3.8, 4) is 6.07 Å². The van der Waals surface area contributed by atoms with E-state index in [4.69, 9.17) is 5.26 Å². The summed E-state index contributed by atoms with van der Waals surface area (Å²) in [6.45, 7) is 4.48. The van der Waals surface area contributed by atoms with Crippen molar-refractivity contribution in [1.29, 1.82) is 5.26 Å². The molecule has 0 bridgehead atoms. The molecule has 1 N–H and O–H groups in total. The molecule has 0 aliphatic rings. The van der Waals surface area contributed by atoms with E-state index in [0.29, 0.717) is 12.1 Å². The highest BCUT2D eigenvalue weighted by molar-refractivity contribution is 7.10. The summed E-state index contributed by atoms with van der Waals surface area (Å²) in [6, 6.07) is 2.16. The predicted octanol–water partition coefficient (Wildman–Crippen LogP) is 1.98. The molecule has 88 valence electrons. The number of aromatic nitrogens is 3. The van der Waals surface area contributed by atoms with Crippen LogP contribution in [0.1, 0.15) is 22.5 Å². The summed E-state index contributed by atoms with van der Waals surface area (Å²) >= 11 is 1.32. The molecule has 2 aromatic heterocycles. The lowest BCUT2D eigenvalue weighted by atomic mass is 10.2. The number of hydrogen-bond acceptors (Lipinski definition) is 5. The van der Waals surface area contributed by atoms with Gasteiger partial charge in [-0.1, -0.05) is 0 Å². The van der Waals surface area contributed by atoms with Crippen LogP contribution in [0.3, 0.4) is 0 Å². The molecule has 0 aromatic carbocycles. The first-order valence-corrected chi connectivity index (χ1v) is 5.98. The van der Waals surface area contributed by atoms with Gasteiger partial charge in [0.25, 0.3) is 0 Å². The number of aryl methyl sites for hydroxylation is 3. The van der Waals surface area contributed by atoms with Crippen LogP contribution >= 0.6 is 11.5 Å². The molecule has 0 unspecified atom stereocenters. The summed E-state index contributed by atoms with van der Waals surface area (Å²) in [5.41, 5.74) is 3.54. The first-order valence-electron chi connectivity index (χ1n) is 5.21. The maximum absolute atomic E-state index is 9.00. The van der Waals surface area contributed by atoms with Gasteiger partial charge in [0.05, 0.1) is 11.4 Å². The van der Waals surface area contributed by atoms with E-state index in [0.717, 1.165) is 22.0 Å². The molecule has 0 fully saturated rings. The van der Waals surface area contributed by atoms with Crippen molar-refractivity contribution < 1.29 is 0 Å². The quantitative estimate of drug-likeness (QED) is 0.900. The van der Waals surface area contributed by atoms with Crippen LogP contribution in [-0.2, 0) is 13.6 Å². The Morgan fingerprint density at radius 3 is 2.82 bits per heavy atom. The average molecular weight is 247 g/mol. The van der Waals surface area contributed by atoms with Gasteiger partial charge < -0.3 is 5.32 Å². The molecule has 0 saturated carbocycles. The second-order valence-corrected chi connectivity index (χ2v) is 4.62. The Balaban J connectivity index is 2.13. The number of anilines is 1. The number of nitriles is 1. The zero-order valence-electron chi connectivity index (χ0n) is 9.98. The third kappa shape index (κ3) is 2.29. The first-order chi connectivity index (χ1) is 8.11. The van der Waals surface area contributed by atoms with Gasteiger partial charge in [-0.15, -0.1) is 0 Å². The Morgan fingerprint density at radius 1 is 1.47 bits per heavy atom. The monoisotopic (exact) mass is 247 g/mol. The molecule has 17 heavy (non-hydrogen) atoms. The molecule has 0 saturated heterocycles. The van der Waals surface area contributed by atoms with E-state index in [2.05, 4.69) is 20.9 Å². The summed E-state index contributed by atoms with van der Waals surface area (Å²) in [7, 11) is 1.90. The van der Waals surface area contributed by atoms with Crippen molar-refractivity contribution in [3.63, 3.8) is 0 Å². The minimum Gasteiger partial charge on any atom is -0.370 e. The molecule has 0 aliphatic heterocycles. The third-order valence-electron chi connectivity index (χ3n) is 2.53. The van der Waals surface area contributed by atoms with Gasteiger partial charge in [-0.3, -0.25) is 4.68 Å². The zero-order chi connectivity index (χ0) is 12.4. The van der Waals surface area contributed by atoms with Crippen LogP contribution in [0.5, 0.6) is 0 Å². The van der Waals surface area contributed by atoms with E-state index in [-0.39, 0.29) is 0 Å². The van der Waals surface area contributed by atoms with Gasteiger partial charge in [-0.2, -0.15) is 14.7 Å². The van der Waals surface area contributed by atoms with Crippen molar-refractivity contribution in [2.45, 2.75) is 20.4 Å². The van der Waals surface area contributed by atoms with Crippen molar-refractivity contribution in [3.05, 3.63) is 28.7 Å². The average Bonchev–Trinajstić information content (AvgIpc) is 2.79. The maximum Gasteiger partial charge on any atom is 0.127 e. The number of nitrogens with one attached hydrogen (secondary N) is 1. The third-order valence-corrected chi connectivity index (χ3v) is 3.43. The van der Waals surface area contributed by atoms with E-state index in [1.165, 1.54) is 11.5 Å². The minimum absolute atomic E-state index is 0.636. The Labute approximate surface area is 104 Å². The maximum atomic E-state index is 9.00. The fraction of sp³-hybridized carbons (Fsp3) is 0.364. The van der Waals surface area contributed by atoms with Crippen LogP contribution in [0.25, 0.3) is 0 Å². The Kier molecular flexibility index (Phi) is 3.11. The summed E-state index contributed by atoms with van der Waals surface area (Å²) < 4.78 is 5.95. The molecule has 2 heterocycles. The van der Waals surface area contributed by atoms with E-state index < -0.39 is 0 Å². The highest BCUT2D eigenvalue weighted by Crippen LogP contribution is 2.24. The van der Waals surface area contributed by atoms with Crippen LogP contribution in [-0.4, -0.2) is 14.2 Å². The van der Waals surface area contributed by atoms with Crippen molar-refractivity contribution in [2.24, 2.45) is 7.05 Å². The van der Waals surface area contributed by atoms with Gasteiger partial charge >= 0.3 is 0 Å². The van der Waals surface area contributed by atoms with Crippen molar-refractivity contribution >= 4 is 16.5 Å². The number of rotatable bonds is 3. The molecule has 0 amide bonds. The van der Waals surface area contributed by atoms with Gasteiger partial charge in [0.2, 0.25) is 0 Å². The highest BCUT2D eigenvalue weighted by atomic mass is 32.1. The molecule has 0 radical (unpaired) electrons. The van der Waals surface area contributed by atoms with Gasteiger partial charge in [0.15, 0.2) is 0 Å². The van der Waals surface area contributed by atoms with E-state index in [9.17, 15) is 0 Å². The number of hydrogen-bond donors (Lipinski definition) is 1. The van der Waals surface area contributed by atoms with Gasteiger partial charge in [-0.25, -0.2) is 0 Å². The van der Waals surface area contributed by atoms with Crippen molar-refractivity contribution in [1.82, 2.24) is 14.2 Å². The highest BCUT2D eigenvalue weighted by Gasteiger charge is 2.10. The standard InChI is InChI=1S/C11H13N5S/c1-7-9(6-16(3)14-7)5-13-11-10(4-12)8(2)15-17-11/h6,13H,5H2,1-3H3. The fourth-order valence-corrected chi connectivity index (χ4v) is 2.36. The molecule has 0 spiro atoms. The second kappa shape index (κ2) is 4.55. The summed E-state index contributed by atoms with van der Waals surface area (Å²) in [4.78, 5) is 0. The molecule has 2 rings (SSSR count). The largest absolute Gasteiger partial charge is 0.370 e. The van der Waals surface area contributed by atoms with Crippen LogP contribution in [0.4, 0.5) is 5.00 Å². The lowest BCUT2D eigenvalue weighted by Crippen LogP contribution is -1.99. The van der Waals surface area contributed by atoms with Gasteiger partial charge in [0, 0.05) is 25.4 Å². The lowest BCUT2D eigenvalue weighted by Gasteiger charge is -2.02. The molecule has 6 heteroatoms. The minimum atomic E-state index is 0.636. The topological polar surface area (TPSA) is 66.5 Å². The van der Waals surface area contributed by atoms with Crippen LogP contribution in [0.2, 0.25) is 0 Å². The Morgan fingerprint density at radius 2 is 2.24 bits per heavy atom. The van der Waals surface area contributed by atoms with Crippen LogP contribution < -0.4 is 5.32 Å². The zero-order valence-corrected chi connectivity index (χ0v) is 10.8. The first kappa shape index (κ1) is 11.6. The normalized spacial score (nSPS) is 10.2. The SMILES string of the molecule is Cc1nn(C)cc1CNc1snc(C)c1C#N. The molecule has 0 atom stereocenters. The molecule has 0 aliphatic carbocycles. The van der Waals surface area contributed by atoms with E-state index >= 15 is 0 Å². The second-order valence-electron chi connectivity index (χ2n) is 3.85. The molecular formula is C11H13N5S. The summed E-state index contributed by atoms with van der Waals surface area (Å²) in [6.07, 6.45) is 1.97. The fourth-order valence-electron chi connectivity index (χ4n) is 1.62. The number of nitrogens with zero attached hydrogens (tertiary/aromatic N) is 4. The summed E-state index contributed by atoms with van der Waals surface area (Å²) in [5.74, 6) is 0.